The van der Waals surface area contributed by atoms with Gasteiger partial charge in [-0.15, -0.1) is 0 Å². The van der Waals surface area contributed by atoms with Crippen LogP contribution in [-0.2, 0) is 6.42 Å². The third-order valence-corrected chi connectivity index (χ3v) is 2.47. The van der Waals surface area contributed by atoms with Crippen LogP contribution in [0.25, 0.3) is 10.8 Å². The Morgan fingerprint density at radius 2 is 1.88 bits per heavy atom. The Bertz CT molecular complexity index is 540. The number of fused-ring (bicyclic) bond motifs is 1. The van der Waals surface area contributed by atoms with Gasteiger partial charge in [0.05, 0.1) is 19.1 Å². The standard InChI is InChI=1S/C14H13NO/c1-2-16-14-6-5-12-9-11(7-8-15)3-4-13(12)10-14/h3-6,9-10H,2,7H2,1H3. The summed E-state index contributed by atoms with van der Waals surface area (Å²) in [6, 6.07) is 14.2. The van der Waals surface area contributed by atoms with Crippen molar-refractivity contribution in [3.8, 4) is 11.8 Å². The minimum Gasteiger partial charge on any atom is -0.494 e. The van der Waals surface area contributed by atoms with Crippen molar-refractivity contribution in [1.29, 1.82) is 5.26 Å². The summed E-state index contributed by atoms with van der Waals surface area (Å²) in [6.07, 6.45) is 0.461. The Balaban J connectivity index is 2.41. The highest BCUT2D eigenvalue weighted by atomic mass is 16.5. The lowest BCUT2D eigenvalue weighted by Crippen LogP contribution is -1.91. The molecule has 0 aliphatic heterocycles. The van der Waals surface area contributed by atoms with E-state index in [9.17, 15) is 0 Å². The molecule has 0 aliphatic rings. The van der Waals surface area contributed by atoms with E-state index in [-0.39, 0.29) is 0 Å². The van der Waals surface area contributed by atoms with Crippen LogP contribution in [-0.4, -0.2) is 6.61 Å². The maximum atomic E-state index is 8.64. The predicted molar refractivity (Wildman–Crippen MR) is 64.4 cm³/mol. The molecule has 2 heteroatoms. The van der Waals surface area contributed by atoms with E-state index < -0.39 is 0 Å². The first-order valence-corrected chi connectivity index (χ1v) is 5.36. The van der Waals surface area contributed by atoms with Crippen molar-refractivity contribution in [3.05, 3.63) is 42.0 Å². The van der Waals surface area contributed by atoms with E-state index in [4.69, 9.17) is 10.00 Å². The molecule has 0 saturated carbocycles. The molecule has 2 aromatic carbocycles. The monoisotopic (exact) mass is 211 g/mol. The molecule has 2 nitrogen and oxygen atoms in total. The second-order valence-corrected chi connectivity index (χ2v) is 3.61. The molecule has 0 fully saturated rings. The largest absolute Gasteiger partial charge is 0.494 e. The highest BCUT2D eigenvalue weighted by Crippen LogP contribution is 2.22. The number of ether oxygens (including phenoxy) is 1. The van der Waals surface area contributed by atoms with Crippen molar-refractivity contribution < 1.29 is 4.74 Å². The van der Waals surface area contributed by atoms with Crippen molar-refractivity contribution >= 4 is 10.8 Å². The van der Waals surface area contributed by atoms with Gasteiger partial charge in [0.15, 0.2) is 0 Å². The third-order valence-electron chi connectivity index (χ3n) is 2.47. The van der Waals surface area contributed by atoms with Crippen molar-refractivity contribution in [3.63, 3.8) is 0 Å². The van der Waals surface area contributed by atoms with Gasteiger partial charge in [-0.05, 0) is 35.4 Å². The molecule has 0 unspecified atom stereocenters. The van der Waals surface area contributed by atoms with E-state index in [1.165, 1.54) is 0 Å². The van der Waals surface area contributed by atoms with Gasteiger partial charge >= 0.3 is 0 Å². The first-order chi connectivity index (χ1) is 7.83. The fourth-order valence-electron chi connectivity index (χ4n) is 1.73. The molecule has 2 aromatic rings. The molecule has 2 rings (SSSR count). The van der Waals surface area contributed by atoms with Crippen molar-refractivity contribution in [1.82, 2.24) is 0 Å². The van der Waals surface area contributed by atoms with E-state index in [1.807, 2.05) is 43.3 Å². The van der Waals surface area contributed by atoms with E-state index in [2.05, 4.69) is 6.07 Å². The summed E-state index contributed by atoms with van der Waals surface area (Å²) >= 11 is 0. The highest BCUT2D eigenvalue weighted by molar-refractivity contribution is 5.84. The van der Waals surface area contributed by atoms with Gasteiger partial charge in [0, 0.05) is 0 Å². The lowest BCUT2D eigenvalue weighted by molar-refractivity contribution is 0.341. The van der Waals surface area contributed by atoms with Crippen molar-refractivity contribution in [2.75, 3.05) is 6.61 Å². The van der Waals surface area contributed by atoms with Gasteiger partial charge in [-0.3, -0.25) is 0 Å². The molecule has 0 aromatic heterocycles. The number of benzene rings is 2. The number of hydrogen-bond acceptors (Lipinski definition) is 2. The Labute approximate surface area is 95.1 Å². The second kappa shape index (κ2) is 4.67. The Hall–Kier alpha value is -2.01. The average molecular weight is 211 g/mol. The fourth-order valence-corrected chi connectivity index (χ4v) is 1.73. The zero-order valence-corrected chi connectivity index (χ0v) is 9.23. The molecule has 0 bridgehead atoms. The molecule has 0 spiro atoms. The maximum absolute atomic E-state index is 8.64. The summed E-state index contributed by atoms with van der Waals surface area (Å²) in [4.78, 5) is 0. The molecular weight excluding hydrogens is 198 g/mol. The van der Waals surface area contributed by atoms with Gasteiger partial charge in [0.2, 0.25) is 0 Å². The Morgan fingerprint density at radius 1 is 1.12 bits per heavy atom. The summed E-state index contributed by atoms with van der Waals surface area (Å²) in [5, 5.41) is 10.9. The minimum atomic E-state index is 0.461. The first kappa shape index (κ1) is 10.5. The molecular formula is C14H13NO. The van der Waals surface area contributed by atoms with Crippen LogP contribution in [0.4, 0.5) is 0 Å². The van der Waals surface area contributed by atoms with Gasteiger partial charge in [0.25, 0.3) is 0 Å². The van der Waals surface area contributed by atoms with E-state index in [0.717, 1.165) is 22.1 Å². The molecule has 0 amide bonds. The smallest absolute Gasteiger partial charge is 0.119 e. The zero-order chi connectivity index (χ0) is 11.4. The van der Waals surface area contributed by atoms with Crippen LogP contribution in [0.3, 0.4) is 0 Å². The van der Waals surface area contributed by atoms with Crippen LogP contribution in [0.5, 0.6) is 5.75 Å². The van der Waals surface area contributed by atoms with Crippen molar-refractivity contribution in [2.24, 2.45) is 0 Å². The van der Waals surface area contributed by atoms with Crippen LogP contribution in [0, 0.1) is 11.3 Å². The topological polar surface area (TPSA) is 33.0 Å². The summed E-state index contributed by atoms with van der Waals surface area (Å²) in [5.74, 6) is 0.892. The molecule has 0 radical (unpaired) electrons. The van der Waals surface area contributed by atoms with Gasteiger partial charge in [-0.25, -0.2) is 0 Å². The second-order valence-electron chi connectivity index (χ2n) is 3.61. The number of nitriles is 1. The summed E-state index contributed by atoms with van der Waals surface area (Å²) in [7, 11) is 0. The Morgan fingerprint density at radius 3 is 2.62 bits per heavy atom. The predicted octanol–water partition coefficient (Wildman–Crippen LogP) is 3.30. The molecule has 0 aliphatic carbocycles. The van der Waals surface area contributed by atoms with Crippen molar-refractivity contribution in [2.45, 2.75) is 13.3 Å². The quantitative estimate of drug-likeness (QED) is 0.780. The van der Waals surface area contributed by atoms with Crippen LogP contribution in [0.1, 0.15) is 12.5 Å². The van der Waals surface area contributed by atoms with E-state index >= 15 is 0 Å². The molecule has 16 heavy (non-hydrogen) atoms. The highest BCUT2D eigenvalue weighted by Gasteiger charge is 1.98. The lowest BCUT2D eigenvalue weighted by atomic mass is 10.1. The third kappa shape index (κ3) is 2.14. The minimum absolute atomic E-state index is 0.461. The molecule has 0 N–H and O–H groups in total. The van der Waals surface area contributed by atoms with Crippen LogP contribution >= 0.6 is 0 Å². The number of rotatable bonds is 3. The lowest BCUT2D eigenvalue weighted by Gasteiger charge is -2.05. The molecule has 0 atom stereocenters. The molecule has 0 saturated heterocycles. The van der Waals surface area contributed by atoms with Gasteiger partial charge in [-0.1, -0.05) is 24.3 Å². The van der Waals surface area contributed by atoms with Gasteiger partial charge in [-0.2, -0.15) is 5.26 Å². The first-order valence-electron chi connectivity index (χ1n) is 5.36. The van der Waals surface area contributed by atoms with Crippen LogP contribution in [0.2, 0.25) is 0 Å². The zero-order valence-electron chi connectivity index (χ0n) is 9.23. The SMILES string of the molecule is CCOc1ccc2cc(CC#N)ccc2c1. The average Bonchev–Trinajstić information content (AvgIpc) is 2.30. The number of hydrogen-bond donors (Lipinski definition) is 0. The Kier molecular flexibility index (Phi) is 3.07. The maximum Gasteiger partial charge on any atom is 0.119 e. The normalized spacial score (nSPS) is 10.0. The fraction of sp³-hybridized carbons (Fsp3) is 0.214. The molecule has 0 heterocycles. The summed E-state index contributed by atoms with van der Waals surface area (Å²) < 4.78 is 5.44. The number of nitrogens with zero attached hydrogens (tertiary/aromatic N) is 1. The van der Waals surface area contributed by atoms with Gasteiger partial charge < -0.3 is 4.74 Å². The van der Waals surface area contributed by atoms with Crippen LogP contribution < -0.4 is 4.74 Å². The molecule has 80 valence electrons. The van der Waals surface area contributed by atoms with E-state index in [0.29, 0.717) is 13.0 Å². The van der Waals surface area contributed by atoms with E-state index in [1.54, 1.807) is 0 Å². The summed E-state index contributed by atoms with van der Waals surface area (Å²) in [5.41, 5.74) is 1.05. The summed E-state index contributed by atoms with van der Waals surface area (Å²) in [6.45, 7) is 2.65. The van der Waals surface area contributed by atoms with Crippen LogP contribution in [0.15, 0.2) is 36.4 Å². The van der Waals surface area contributed by atoms with Gasteiger partial charge in [0.1, 0.15) is 5.75 Å².